The Hall–Kier alpha value is -4.68. The highest BCUT2D eigenvalue weighted by molar-refractivity contribution is 7.00. The van der Waals surface area contributed by atoms with Gasteiger partial charge in [-0.05, 0) is 65.5 Å². The number of nitrogens with zero attached hydrogens (tertiary/aromatic N) is 3. The molecule has 5 nitrogen and oxygen atoms in total. The molecule has 0 amide bonds. The third kappa shape index (κ3) is 2.06. The molecule has 0 saturated heterocycles. The summed E-state index contributed by atoms with van der Waals surface area (Å²) in [5.41, 5.74) is 6.75. The summed E-state index contributed by atoms with van der Waals surface area (Å²) in [4.78, 5) is 2.10. The van der Waals surface area contributed by atoms with Gasteiger partial charge in [0.1, 0.15) is 23.0 Å². The number of rotatable bonds is 1. The first-order valence-electron chi connectivity index (χ1n) is 10.3. The molecule has 4 aromatic rings. The van der Waals surface area contributed by atoms with Crippen molar-refractivity contribution in [3.8, 4) is 35.1 Å². The van der Waals surface area contributed by atoms with Crippen molar-refractivity contribution in [3.05, 3.63) is 83.9 Å². The van der Waals surface area contributed by atoms with Gasteiger partial charge in [0, 0.05) is 22.5 Å². The van der Waals surface area contributed by atoms with Gasteiger partial charge in [-0.25, -0.2) is 0 Å². The number of ether oxygens (including phenoxy) is 2. The van der Waals surface area contributed by atoms with Crippen LogP contribution >= 0.6 is 0 Å². The predicted molar refractivity (Wildman–Crippen MR) is 122 cm³/mol. The summed E-state index contributed by atoms with van der Waals surface area (Å²) in [6.45, 7) is -0.00747. The topological polar surface area (TPSA) is 69.3 Å². The number of hydrogen-bond acceptors (Lipinski definition) is 5. The highest BCUT2D eigenvalue weighted by atomic mass is 16.5. The first-order valence-corrected chi connectivity index (χ1v) is 10.3. The van der Waals surface area contributed by atoms with Crippen molar-refractivity contribution in [3.63, 3.8) is 0 Å². The van der Waals surface area contributed by atoms with Gasteiger partial charge in [0.2, 0.25) is 0 Å². The molecule has 0 bridgehead atoms. The van der Waals surface area contributed by atoms with E-state index >= 15 is 0 Å². The Morgan fingerprint density at radius 3 is 1.59 bits per heavy atom. The van der Waals surface area contributed by atoms with E-state index in [-0.39, 0.29) is 6.71 Å². The fourth-order valence-electron chi connectivity index (χ4n) is 5.15. The monoisotopic (exact) mass is 409 g/mol. The van der Waals surface area contributed by atoms with Crippen LogP contribution in [0.4, 0.5) is 17.1 Å². The smallest absolute Gasteiger partial charge is 0.266 e. The van der Waals surface area contributed by atoms with Gasteiger partial charge in [0.15, 0.2) is 0 Å². The Morgan fingerprint density at radius 1 is 0.625 bits per heavy atom. The van der Waals surface area contributed by atoms with Crippen LogP contribution in [-0.2, 0) is 0 Å². The molecule has 3 heterocycles. The van der Waals surface area contributed by atoms with Crippen LogP contribution in [0.2, 0.25) is 0 Å². The molecule has 0 atom stereocenters. The molecular weight excluding hydrogens is 397 g/mol. The van der Waals surface area contributed by atoms with Gasteiger partial charge >= 0.3 is 0 Å². The molecule has 0 spiro atoms. The standard InChI is InChI=1S/C26H12BN3O2/c28-13-15-10-16(14-29)12-17(11-15)30-18-4-1-6-20-24(18)27-25-19(30)5-2-7-21(25)32-23-9-3-8-22(31-20)26(23)27/h1-12H. The summed E-state index contributed by atoms with van der Waals surface area (Å²) >= 11 is 0. The minimum Gasteiger partial charge on any atom is -0.458 e. The van der Waals surface area contributed by atoms with Gasteiger partial charge in [-0.1, -0.05) is 18.2 Å². The van der Waals surface area contributed by atoms with E-state index in [0.29, 0.717) is 11.1 Å². The Morgan fingerprint density at radius 2 is 1.09 bits per heavy atom. The average molecular weight is 409 g/mol. The molecule has 4 aromatic carbocycles. The summed E-state index contributed by atoms with van der Waals surface area (Å²) in [7, 11) is 0. The van der Waals surface area contributed by atoms with Crippen LogP contribution < -0.4 is 30.8 Å². The maximum absolute atomic E-state index is 9.55. The number of hydrogen-bond donors (Lipinski definition) is 0. The molecule has 0 radical (unpaired) electrons. The molecular formula is C26H12BN3O2. The molecule has 0 unspecified atom stereocenters. The quantitative estimate of drug-likeness (QED) is 0.384. The molecule has 0 N–H and O–H groups in total. The fourth-order valence-corrected chi connectivity index (χ4v) is 5.15. The van der Waals surface area contributed by atoms with E-state index in [1.54, 1.807) is 6.07 Å². The minimum absolute atomic E-state index is 0.00747. The van der Waals surface area contributed by atoms with Crippen molar-refractivity contribution in [1.29, 1.82) is 10.5 Å². The molecule has 3 aliphatic rings. The van der Waals surface area contributed by atoms with Crippen LogP contribution in [0.15, 0.2) is 72.8 Å². The van der Waals surface area contributed by atoms with Gasteiger partial charge < -0.3 is 14.4 Å². The lowest BCUT2D eigenvalue weighted by atomic mass is 9.33. The van der Waals surface area contributed by atoms with Gasteiger partial charge in [0.25, 0.3) is 6.71 Å². The second-order valence-electron chi connectivity index (χ2n) is 8.01. The van der Waals surface area contributed by atoms with E-state index in [1.807, 2.05) is 54.6 Å². The summed E-state index contributed by atoms with van der Waals surface area (Å²) in [5.74, 6) is 3.23. The van der Waals surface area contributed by atoms with Crippen molar-refractivity contribution in [1.82, 2.24) is 0 Å². The number of benzene rings is 4. The highest BCUT2D eigenvalue weighted by Gasteiger charge is 2.47. The predicted octanol–water partition coefficient (Wildman–Crippen LogP) is 3.94. The van der Waals surface area contributed by atoms with Crippen molar-refractivity contribution in [2.45, 2.75) is 0 Å². The maximum Gasteiger partial charge on any atom is 0.266 e. The zero-order chi connectivity index (χ0) is 21.4. The molecule has 32 heavy (non-hydrogen) atoms. The zero-order valence-corrected chi connectivity index (χ0v) is 16.7. The maximum atomic E-state index is 9.55. The second-order valence-corrected chi connectivity index (χ2v) is 8.01. The third-order valence-corrected chi connectivity index (χ3v) is 6.33. The van der Waals surface area contributed by atoms with E-state index in [4.69, 9.17) is 9.47 Å². The Bertz CT molecular complexity index is 1470. The van der Waals surface area contributed by atoms with Crippen molar-refractivity contribution < 1.29 is 9.47 Å². The average Bonchev–Trinajstić information content (AvgIpc) is 2.84. The van der Waals surface area contributed by atoms with Crippen LogP contribution in [0.5, 0.6) is 23.0 Å². The Kier molecular flexibility index (Phi) is 3.16. The van der Waals surface area contributed by atoms with E-state index in [9.17, 15) is 10.5 Å². The first-order chi connectivity index (χ1) is 15.8. The number of anilines is 3. The van der Waals surface area contributed by atoms with Gasteiger partial charge in [-0.15, -0.1) is 0 Å². The lowest BCUT2D eigenvalue weighted by Crippen LogP contribution is -2.61. The molecule has 7 rings (SSSR count). The Labute approximate surface area is 184 Å². The van der Waals surface area contributed by atoms with Gasteiger partial charge in [-0.3, -0.25) is 0 Å². The van der Waals surface area contributed by atoms with Crippen molar-refractivity contribution in [2.24, 2.45) is 0 Å². The molecule has 0 saturated carbocycles. The Balaban J connectivity index is 1.59. The molecule has 6 heteroatoms. The van der Waals surface area contributed by atoms with Crippen LogP contribution in [0.25, 0.3) is 0 Å². The molecule has 146 valence electrons. The summed E-state index contributed by atoms with van der Waals surface area (Å²) in [6, 6.07) is 27.5. The summed E-state index contributed by atoms with van der Waals surface area (Å²) in [5, 5.41) is 19.1. The van der Waals surface area contributed by atoms with E-state index < -0.39 is 0 Å². The normalized spacial score (nSPS) is 13.3. The van der Waals surface area contributed by atoms with Gasteiger partial charge in [0.05, 0.1) is 23.3 Å². The van der Waals surface area contributed by atoms with E-state index in [2.05, 4.69) is 29.2 Å². The molecule has 0 aromatic heterocycles. The second kappa shape index (κ2) is 5.94. The molecule has 0 fully saturated rings. The fraction of sp³-hybridized carbons (Fsp3) is 0. The van der Waals surface area contributed by atoms with E-state index in [0.717, 1.165) is 56.4 Å². The number of nitriles is 2. The largest absolute Gasteiger partial charge is 0.458 e. The first kappa shape index (κ1) is 17.1. The van der Waals surface area contributed by atoms with E-state index in [1.165, 1.54) is 0 Å². The van der Waals surface area contributed by atoms with Crippen LogP contribution in [0.3, 0.4) is 0 Å². The lowest BCUT2D eigenvalue weighted by molar-refractivity contribution is 0.464. The summed E-state index contributed by atoms with van der Waals surface area (Å²) < 4.78 is 12.6. The highest BCUT2D eigenvalue weighted by Crippen LogP contribution is 2.45. The van der Waals surface area contributed by atoms with Crippen molar-refractivity contribution >= 4 is 40.2 Å². The van der Waals surface area contributed by atoms with Crippen LogP contribution in [0.1, 0.15) is 11.1 Å². The molecule has 3 aliphatic heterocycles. The lowest BCUT2D eigenvalue weighted by Gasteiger charge is -2.42. The SMILES string of the molecule is N#Cc1cc(C#N)cc(N2c3cccc4c3B3c5c(cccc5Oc5cccc2c53)O4)c1. The van der Waals surface area contributed by atoms with Crippen LogP contribution in [0, 0.1) is 22.7 Å². The summed E-state index contributed by atoms with van der Waals surface area (Å²) in [6.07, 6.45) is 0. The van der Waals surface area contributed by atoms with Gasteiger partial charge in [-0.2, -0.15) is 10.5 Å². The minimum atomic E-state index is -0.00747. The zero-order valence-electron chi connectivity index (χ0n) is 16.7. The molecule has 0 aliphatic carbocycles. The van der Waals surface area contributed by atoms with Crippen LogP contribution in [-0.4, -0.2) is 6.71 Å². The van der Waals surface area contributed by atoms with Crippen molar-refractivity contribution in [2.75, 3.05) is 4.90 Å². The third-order valence-electron chi connectivity index (χ3n) is 6.33.